The second-order valence-electron chi connectivity index (χ2n) is 11.8. The first-order valence-electron chi connectivity index (χ1n) is 16.0. The molecule has 10 heteroatoms. The van der Waals surface area contributed by atoms with Crippen molar-refractivity contribution in [2.45, 2.75) is 58.0 Å². The Balaban J connectivity index is 1.85. The molecular weight excluding hydrogens is 627 g/mol. The van der Waals surface area contributed by atoms with E-state index in [-0.39, 0.29) is 29.5 Å². The SMILES string of the molecule is CCCNC(=O)[C@H](Cc1ccccc1)N(Cc1ccccc1C)C(=O)CN(c1cc(C)cc(C)c1)S(=O)(=O)c1ccc(OC)c(OC)c1. The van der Waals surface area contributed by atoms with Crippen LogP contribution in [0.1, 0.15) is 41.2 Å². The number of carbonyl (C=O) groups excluding carboxylic acids is 2. The highest BCUT2D eigenvalue weighted by Gasteiger charge is 2.35. The quantitative estimate of drug-likeness (QED) is 0.167. The van der Waals surface area contributed by atoms with Gasteiger partial charge in [-0.2, -0.15) is 0 Å². The summed E-state index contributed by atoms with van der Waals surface area (Å²) < 4.78 is 40.9. The lowest BCUT2D eigenvalue weighted by Gasteiger charge is -2.34. The maximum atomic E-state index is 14.7. The average molecular weight is 672 g/mol. The molecule has 254 valence electrons. The number of hydrogen-bond donors (Lipinski definition) is 1. The van der Waals surface area contributed by atoms with E-state index in [4.69, 9.17) is 9.47 Å². The van der Waals surface area contributed by atoms with Crippen molar-refractivity contribution in [3.63, 3.8) is 0 Å². The highest BCUT2D eigenvalue weighted by molar-refractivity contribution is 7.92. The van der Waals surface area contributed by atoms with E-state index in [0.29, 0.717) is 18.0 Å². The Kier molecular flexibility index (Phi) is 12.2. The molecule has 4 rings (SSSR count). The fraction of sp³-hybridized carbons (Fsp3) is 0.316. The number of aryl methyl sites for hydroxylation is 3. The van der Waals surface area contributed by atoms with Gasteiger partial charge < -0.3 is 19.7 Å². The predicted molar refractivity (Wildman–Crippen MR) is 189 cm³/mol. The molecule has 48 heavy (non-hydrogen) atoms. The minimum absolute atomic E-state index is 0.0703. The largest absolute Gasteiger partial charge is 0.493 e. The lowest BCUT2D eigenvalue weighted by molar-refractivity contribution is -0.140. The number of nitrogens with one attached hydrogen (secondary N) is 1. The summed E-state index contributed by atoms with van der Waals surface area (Å²) in [6, 6.07) is 26.0. The zero-order valence-electron chi connectivity index (χ0n) is 28.5. The predicted octanol–water partition coefficient (Wildman–Crippen LogP) is 5.99. The molecule has 0 bridgehead atoms. The number of sulfonamides is 1. The molecule has 4 aromatic rings. The Morgan fingerprint density at radius 1 is 0.812 bits per heavy atom. The van der Waals surface area contributed by atoms with E-state index in [1.165, 1.54) is 37.3 Å². The Morgan fingerprint density at radius 2 is 1.46 bits per heavy atom. The number of methoxy groups -OCH3 is 2. The second kappa shape index (κ2) is 16.3. The molecule has 4 aromatic carbocycles. The Morgan fingerprint density at radius 3 is 2.08 bits per heavy atom. The summed E-state index contributed by atoms with van der Waals surface area (Å²) in [5.41, 5.74) is 4.69. The number of carbonyl (C=O) groups is 2. The highest BCUT2D eigenvalue weighted by Crippen LogP contribution is 2.33. The first-order chi connectivity index (χ1) is 23.0. The van der Waals surface area contributed by atoms with Crippen LogP contribution in [0.25, 0.3) is 0 Å². The summed E-state index contributed by atoms with van der Waals surface area (Å²) in [7, 11) is -1.42. The Hall–Kier alpha value is -4.83. The van der Waals surface area contributed by atoms with Crippen LogP contribution >= 0.6 is 0 Å². The van der Waals surface area contributed by atoms with Crippen LogP contribution < -0.4 is 19.1 Å². The number of hydrogen-bond acceptors (Lipinski definition) is 6. The molecule has 9 nitrogen and oxygen atoms in total. The van der Waals surface area contributed by atoms with Gasteiger partial charge in [0.25, 0.3) is 10.0 Å². The van der Waals surface area contributed by atoms with Crippen LogP contribution in [0, 0.1) is 20.8 Å². The van der Waals surface area contributed by atoms with Crippen molar-refractivity contribution in [2.75, 3.05) is 31.6 Å². The van der Waals surface area contributed by atoms with Crippen LogP contribution in [0.2, 0.25) is 0 Å². The maximum Gasteiger partial charge on any atom is 0.264 e. The van der Waals surface area contributed by atoms with Crippen LogP contribution in [0.3, 0.4) is 0 Å². The summed E-state index contributed by atoms with van der Waals surface area (Å²) in [6.45, 7) is 7.67. The zero-order valence-corrected chi connectivity index (χ0v) is 29.3. The van der Waals surface area contributed by atoms with Crippen molar-refractivity contribution in [2.24, 2.45) is 0 Å². The van der Waals surface area contributed by atoms with Crippen LogP contribution in [0.5, 0.6) is 11.5 Å². The highest BCUT2D eigenvalue weighted by atomic mass is 32.2. The molecule has 0 spiro atoms. The van der Waals surface area contributed by atoms with E-state index >= 15 is 0 Å². The minimum atomic E-state index is -4.32. The van der Waals surface area contributed by atoms with E-state index in [1.54, 1.807) is 12.1 Å². The third kappa shape index (κ3) is 8.74. The van der Waals surface area contributed by atoms with E-state index in [2.05, 4.69) is 5.32 Å². The smallest absolute Gasteiger partial charge is 0.264 e. The van der Waals surface area contributed by atoms with Gasteiger partial charge in [-0.25, -0.2) is 8.42 Å². The molecule has 0 radical (unpaired) electrons. The number of benzene rings is 4. The Labute approximate surface area is 284 Å². The number of anilines is 1. The fourth-order valence-corrected chi connectivity index (χ4v) is 7.03. The molecule has 0 unspecified atom stereocenters. The summed E-state index contributed by atoms with van der Waals surface area (Å²) in [4.78, 5) is 30.0. The molecule has 0 saturated carbocycles. The van der Waals surface area contributed by atoms with E-state index in [0.717, 1.165) is 38.5 Å². The van der Waals surface area contributed by atoms with Gasteiger partial charge in [0, 0.05) is 25.6 Å². The molecule has 0 heterocycles. The number of nitrogens with zero attached hydrogens (tertiary/aromatic N) is 2. The third-order valence-corrected chi connectivity index (χ3v) is 9.91. The number of ether oxygens (including phenoxy) is 2. The van der Waals surface area contributed by atoms with Crippen LogP contribution in [0.15, 0.2) is 95.9 Å². The summed E-state index contributed by atoms with van der Waals surface area (Å²) in [5, 5.41) is 2.98. The van der Waals surface area contributed by atoms with Gasteiger partial charge in [0.1, 0.15) is 12.6 Å². The summed E-state index contributed by atoms with van der Waals surface area (Å²) in [6.07, 6.45) is 0.972. The van der Waals surface area contributed by atoms with Crippen molar-refractivity contribution in [3.05, 3.63) is 119 Å². The second-order valence-corrected chi connectivity index (χ2v) is 13.7. The van der Waals surface area contributed by atoms with E-state index < -0.39 is 28.5 Å². The van der Waals surface area contributed by atoms with Gasteiger partial charge in [0.15, 0.2) is 11.5 Å². The molecule has 0 fully saturated rings. The van der Waals surface area contributed by atoms with Gasteiger partial charge >= 0.3 is 0 Å². The van der Waals surface area contributed by atoms with Gasteiger partial charge in [0.05, 0.1) is 24.8 Å². The van der Waals surface area contributed by atoms with Crippen molar-refractivity contribution in [3.8, 4) is 11.5 Å². The molecule has 1 atom stereocenters. The lowest BCUT2D eigenvalue weighted by Crippen LogP contribution is -2.53. The first kappa shape index (κ1) is 36.0. The van der Waals surface area contributed by atoms with Gasteiger partial charge in [-0.1, -0.05) is 67.6 Å². The topological polar surface area (TPSA) is 105 Å². The molecule has 0 aliphatic heterocycles. The molecule has 0 saturated heterocycles. The molecule has 0 aromatic heterocycles. The maximum absolute atomic E-state index is 14.7. The molecular formula is C38H45N3O6S. The molecule has 2 amide bonds. The molecule has 0 aliphatic carbocycles. The Bertz CT molecular complexity index is 1810. The van der Waals surface area contributed by atoms with Gasteiger partial charge in [-0.3, -0.25) is 13.9 Å². The van der Waals surface area contributed by atoms with Crippen molar-refractivity contribution < 1.29 is 27.5 Å². The van der Waals surface area contributed by atoms with Gasteiger partial charge in [0.2, 0.25) is 11.8 Å². The lowest BCUT2D eigenvalue weighted by atomic mass is 10.0. The first-order valence-corrected chi connectivity index (χ1v) is 17.4. The zero-order chi connectivity index (χ0) is 34.8. The van der Waals surface area contributed by atoms with Crippen LogP contribution in [-0.2, 0) is 32.6 Å². The van der Waals surface area contributed by atoms with Crippen LogP contribution in [0.4, 0.5) is 5.69 Å². The fourth-order valence-electron chi connectivity index (χ4n) is 5.62. The number of rotatable bonds is 15. The summed E-state index contributed by atoms with van der Waals surface area (Å²) in [5.74, 6) is -0.212. The van der Waals surface area contributed by atoms with Gasteiger partial charge in [-0.15, -0.1) is 0 Å². The van der Waals surface area contributed by atoms with E-state index in [9.17, 15) is 18.0 Å². The van der Waals surface area contributed by atoms with E-state index in [1.807, 2.05) is 88.4 Å². The van der Waals surface area contributed by atoms with Crippen LogP contribution in [-0.4, -0.2) is 58.5 Å². The van der Waals surface area contributed by atoms with Crippen molar-refractivity contribution in [1.82, 2.24) is 10.2 Å². The monoisotopic (exact) mass is 671 g/mol. The standard InChI is InChI=1S/C38H45N3O6S/c1-7-19-39-38(43)34(23-30-14-9-8-10-15-30)40(25-31-16-12-11-13-29(31)4)37(42)26-41(32-21-27(2)20-28(3)22-32)48(44,45)33-17-18-35(46-5)36(24-33)47-6/h8-18,20-22,24,34H,7,19,23,25-26H2,1-6H3,(H,39,43)/t34-/m0/s1. The third-order valence-electron chi connectivity index (χ3n) is 8.14. The number of amides is 2. The minimum Gasteiger partial charge on any atom is -0.493 e. The summed E-state index contributed by atoms with van der Waals surface area (Å²) >= 11 is 0. The van der Waals surface area contributed by atoms with Gasteiger partial charge in [-0.05, 0) is 79.3 Å². The van der Waals surface area contributed by atoms with Crippen molar-refractivity contribution >= 4 is 27.5 Å². The normalized spacial score (nSPS) is 11.8. The van der Waals surface area contributed by atoms with Crippen molar-refractivity contribution in [1.29, 1.82) is 0 Å². The average Bonchev–Trinajstić information content (AvgIpc) is 3.07. The molecule has 1 N–H and O–H groups in total. The molecule has 0 aliphatic rings.